The fourth-order valence-corrected chi connectivity index (χ4v) is 2.13. The number of nitrogens with zero attached hydrogens (tertiary/aromatic N) is 2. The summed E-state index contributed by atoms with van der Waals surface area (Å²) in [7, 11) is 0. The maximum Gasteiger partial charge on any atom is 0.131 e. The molecule has 0 fully saturated rings. The summed E-state index contributed by atoms with van der Waals surface area (Å²) in [6.07, 6.45) is 3.02. The van der Waals surface area contributed by atoms with Gasteiger partial charge in [-0.05, 0) is 54.8 Å². The van der Waals surface area contributed by atoms with Gasteiger partial charge in [-0.15, -0.1) is 0 Å². The molecule has 0 spiro atoms. The Morgan fingerprint density at radius 1 is 1.47 bits per heavy atom. The van der Waals surface area contributed by atoms with Gasteiger partial charge < -0.3 is 4.90 Å². The standard InChI is InChI=1S/C12H19BrN2/c1-5-6-15(9(2)3)12-10(4)7-11(13)8-14-12/h7-9H,5-6H2,1-4H3. The molecule has 0 amide bonds. The van der Waals surface area contributed by atoms with Crippen molar-refractivity contribution in [3.05, 3.63) is 22.3 Å². The first kappa shape index (κ1) is 12.5. The molecule has 0 aromatic carbocycles. The van der Waals surface area contributed by atoms with Crippen molar-refractivity contribution in [1.82, 2.24) is 4.98 Å². The van der Waals surface area contributed by atoms with Crippen molar-refractivity contribution in [2.45, 2.75) is 40.2 Å². The van der Waals surface area contributed by atoms with E-state index in [0.717, 1.165) is 23.3 Å². The average Bonchev–Trinajstić information content (AvgIpc) is 2.15. The minimum Gasteiger partial charge on any atom is -0.354 e. The predicted octanol–water partition coefficient (Wildman–Crippen LogP) is 3.78. The Bertz CT molecular complexity index is 323. The molecule has 0 aliphatic carbocycles. The second-order valence-corrected chi connectivity index (χ2v) is 5.00. The van der Waals surface area contributed by atoms with Crippen LogP contribution in [0.25, 0.3) is 0 Å². The fourth-order valence-electron chi connectivity index (χ4n) is 1.68. The molecule has 0 atom stereocenters. The summed E-state index contributed by atoms with van der Waals surface area (Å²) < 4.78 is 1.05. The van der Waals surface area contributed by atoms with Crippen molar-refractivity contribution < 1.29 is 0 Å². The van der Waals surface area contributed by atoms with Crippen molar-refractivity contribution in [3.63, 3.8) is 0 Å². The van der Waals surface area contributed by atoms with Crippen molar-refractivity contribution in [2.75, 3.05) is 11.4 Å². The first-order valence-electron chi connectivity index (χ1n) is 5.45. The van der Waals surface area contributed by atoms with Crippen LogP contribution in [0.3, 0.4) is 0 Å². The Morgan fingerprint density at radius 2 is 2.13 bits per heavy atom. The molecule has 3 heteroatoms. The highest BCUT2D eigenvalue weighted by Crippen LogP contribution is 2.22. The van der Waals surface area contributed by atoms with E-state index in [1.165, 1.54) is 5.56 Å². The summed E-state index contributed by atoms with van der Waals surface area (Å²) in [6.45, 7) is 9.78. The summed E-state index contributed by atoms with van der Waals surface area (Å²) in [5.74, 6) is 1.11. The van der Waals surface area contributed by atoms with Crippen molar-refractivity contribution in [2.24, 2.45) is 0 Å². The molecule has 0 bridgehead atoms. The second kappa shape index (κ2) is 5.50. The molecule has 0 aliphatic rings. The van der Waals surface area contributed by atoms with Crippen LogP contribution < -0.4 is 4.90 Å². The molecule has 1 rings (SSSR count). The van der Waals surface area contributed by atoms with Crippen LogP contribution in [0.4, 0.5) is 5.82 Å². The van der Waals surface area contributed by atoms with Crippen LogP contribution in [-0.4, -0.2) is 17.6 Å². The van der Waals surface area contributed by atoms with Gasteiger partial charge in [0.25, 0.3) is 0 Å². The van der Waals surface area contributed by atoms with Crippen LogP contribution in [0.2, 0.25) is 0 Å². The maximum absolute atomic E-state index is 4.50. The van der Waals surface area contributed by atoms with Crippen LogP contribution in [0.15, 0.2) is 16.7 Å². The lowest BCUT2D eigenvalue weighted by atomic mass is 10.2. The molecule has 1 aromatic rings. The summed E-state index contributed by atoms with van der Waals surface area (Å²) >= 11 is 3.44. The molecular weight excluding hydrogens is 252 g/mol. The minimum atomic E-state index is 0.498. The first-order chi connectivity index (χ1) is 7.06. The molecule has 84 valence electrons. The van der Waals surface area contributed by atoms with E-state index in [1.54, 1.807) is 0 Å². The molecule has 0 saturated carbocycles. The van der Waals surface area contributed by atoms with Crippen molar-refractivity contribution in [1.29, 1.82) is 0 Å². The third kappa shape index (κ3) is 3.20. The van der Waals surface area contributed by atoms with Crippen molar-refractivity contribution in [3.8, 4) is 0 Å². The lowest BCUT2D eigenvalue weighted by Gasteiger charge is -2.28. The molecule has 0 unspecified atom stereocenters. The Balaban J connectivity index is 3.00. The Morgan fingerprint density at radius 3 is 2.60 bits per heavy atom. The molecule has 0 aliphatic heterocycles. The number of halogens is 1. The summed E-state index contributed by atoms with van der Waals surface area (Å²) in [4.78, 5) is 6.85. The minimum absolute atomic E-state index is 0.498. The quantitative estimate of drug-likeness (QED) is 0.828. The third-order valence-corrected chi connectivity index (χ3v) is 2.81. The topological polar surface area (TPSA) is 16.1 Å². The number of aromatic nitrogens is 1. The zero-order valence-electron chi connectivity index (χ0n) is 9.92. The number of anilines is 1. The largest absolute Gasteiger partial charge is 0.354 e. The average molecular weight is 271 g/mol. The van der Waals surface area contributed by atoms with Gasteiger partial charge in [-0.25, -0.2) is 4.98 Å². The lowest BCUT2D eigenvalue weighted by molar-refractivity contribution is 0.660. The highest BCUT2D eigenvalue weighted by molar-refractivity contribution is 9.10. The van der Waals surface area contributed by atoms with E-state index in [1.807, 2.05) is 6.20 Å². The molecular formula is C12H19BrN2. The smallest absolute Gasteiger partial charge is 0.131 e. The van der Waals surface area contributed by atoms with Crippen LogP contribution in [-0.2, 0) is 0 Å². The SMILES string of the molecule is CCCN(c1ncc(Br)cc1C)C(C)C. The molecule has 2 nitrogen and oxygen atoms in total. The van der Waals surface area contributed by atoms with Gasteiger partial charge in [0, 0.05) is 23.3 Å². The number of rotatable bonds is 4. The van der Waals surface area contributed by atoms with E-state index >= 15 is 0 Å². The zero-order chi connectivity index (χ0) is 11.4. The summed E-state index contributed by atoms with van der Waals surface area (Å²) in [6, 6.07) is 2.62. The maximum atomic E-state index is 4.50. The monoisotopic (exact) mass is 270 g/mol. The lowest BCUT2D eigenvalue weighted by Crippen LogP contribution is -2.32. The molecule has 0 N–H and O–H groups in total. The second-order valence-electron chi connectivity index (χ2n) is 4.08. The van der Waals surface area contributed by atoms with Gasteiger partial charge >= 0.3 is 0 Å². The zero-order valence-corrected chi connectivity index (χ0v) is 11.5. The third-order valence-electron chi connectivity index (χ3n) is 2.38. The fraction of sp³-hybridized carbons (Fsp3) is 0.583. The Kier molecular flexibility index (Phi) is 4.58. The van der Waals surface area contributed by atoms with E-state index < -0.39 is 0 Å². The van der Waals surface area contributed by atoms with Crippen LogP contribution in [0.5, 0.6) is 0 Å². The van der Waals surface area contributed by atoms with Gasteiger partial charge in [0.05, 0.1) is 0 Å². The molecule has 0 saturated heterocycles. The van der Waals surface area contributed by atoms with Gasteiger partial charge in [-0.1, -0.05) is 6.92 Å². The van der Waals surface area contributed by atoms with Crippen LogP contribution in [0.1, 0.15) is 32.8 Å². The van der Waals surface area contributed by atoms with Crippen molar-refractivity contribution >= 4 is 21.7 Å². The van der Waals surface area contributed by atoms with Gasteiger partial charge in [0.15, 0.2) is 0 Å². The molecule has 1 aromatic heterocycles. The van der Waals surface area contributed by atoms with Gasteiger partial charge in [0.1, 0.15) is 5.82 Å². The van der Waals surface area contributed by atoms with E-state index in [4.69, 9.17) is 0 Å². The van der Waals surface area contributed by atoms with E-state index in [2.05, 4.69) is 59.6 Å². The molecule has 0 radical (unpaired) electrons. The van der Waals surface area contributed by atoms with Gasteiger partial charge in [-0.2, -0.15) is 0 Å². The molecule has 1 heterocycles. The molecule has 15 heavy (non-hydrogen) atoms. The predicted molar refractivity (Wildman–Crippen MR) is 69.4 cm³/mol. The normalized spacial score (nSPS) is 10.8. The highest BCUT2D eigenvalue weighted by Gasteiger charge is 2.13. The van der Waals surface area contributed by atoms with Crippen LogP contribution >= 0.6 is 15.9 Å². The number of hydrogen-bond donors (Lipinski definition) is 0. The van der Waals surface area contributed by atoms with E-state index in [-0.39, 0.29) is 0 Å². The first-order valence-corrected chi connectivity index (χ1v) is 6.24. The Hall–Kier alpha value is -0.570. The number of aryl methyl sites for hydroxylation is 1. The van der Waals surface area contributed by atoms with E-state index in [9.17, 15) is 0 Å². The summed E-state index contributed by atoms with van der Waals surface area (Å²) in [5.41, 5.74) is 1.23. The van der Waals surface area contributed by atoms with Gasteiger partial charge in [0.2, 0.25) is 0 Å². The highest BCUT2D eigenvalue weighted by atomic mass is 79.9. The van der Waals surface area contributed by atoms with E-state index in [0.29, 0.717) is 6.04 Å². The number of pyridine rings is 1. The van der Waals surface area contributed by atoms with Crippen LogP contribution in [0, 0.1) is 6.92 Å². The van der Waals surface area contributed by atoms with Gasteiger partial charge in [-0.3, -0.25) is 0 Å². The summed E-state index contributed by atoms with van der Waals surface area (Å²) in [5, 5.41) is 0. The number of hydrogen-bond acceptors (Lipinski definition) is 2. The Labute approximate surface area is 101 Å².